The molecule has 0 heterocycles. The van der Waals surface area contributed by atoms with Crippen molar-refractivity contribution < 1.29 is 24.4 Å². The first kappa shape index (κ1) is 18.9. The predicted molar refractivity (Wildman–Crippen MR) is 90.7 cm³/mol. The molecule has 2 rings (SSSR count). The zero-order chi connectivity index (χ0) is 19.3. The van der Waals surface area contributed by atoms with Crippen LogP contribution in [0, 0.1) is 17.0 Å². The molecule has 1 atom stereocenters. The lowest BCUT2D eigenvalue weighted by atomic mass is 10.0. The number of benzene rings is 2. The van der Waals surface area contributed by atoms with Crippen LogP contribution < -0.4 is 15.2 Å². The number of methoxy groups -OCH3 is 1. The van der Waals surface area contributed by atoms with Crippen LogP contribution in [0.15, 0.2) is 42.5 Å². The van der Waals surface area contributed by atoms with Gasteiger partial charge in [0.15, 0.2) is 0 Å². The minimum Gasteiger partial charge on any atom is -0.550 e. The summed E-state index contributed by atoms with van der Waals surface area (Å²) in [4.78, 5) is 34.1. The number of hydrogen-bond acceptors (Lipinski definition) is 6. The summed E-state index contributed by atoms with van der Waals surface area (Å²) in [7, 11) is 1.50. The number of carboxylic acid groups (broad SMARTS) is 1. The molecule has 0 spiro atoms. The van der Waals surface area contributed by atoms with E-state index in [9.17, 15) is 24.8 Å². The van der Waals surface area contributed by atoms with Crippen molar-refractivity contribution in [2.45, 2.75) is 19.4 Å². The average molecular weight is 357 g/mol. The molecule has 8 nitrogen and oxygen atoms in total. The molecule has 0 aromatic heterocycles. The van der Waals surface area contributed by atoms with Crippen LogP contribution in [0.5, 0.6) is 5.75 Å². The molecule has 1 amide bonds. The molecular weight excluding hydrogens is 340 g/mol. The van der Waals surface area contributed by atoms with E-state index in [2.05, 4.69) is 5.32 Å². The maximum Gasteiger partial charge on any atom is 0.273 e. The molecule has 0 radical (unpaired) electrons. The summed E-state index contributed by atoms with van der Waals surface area (Å²) in [6.45, 7) is 1.47. The van der Waals surface area contributed by atoms with Crippen LogP contribution in [0.1, 0.15) is 33.9 Å². The smallest absolute Gasteiger partial charge is 0.273 e. The van der Waals surface area contributed by atoms with Crippen molar-refractivity contribution in [2.75, 3.05) is 7.11 Å². The van der Waals surface area contributed by atoms with Gasteiger partial charge in [-0.05, 0) is 30.7 Å². The van der Waals surface area contributed by atoms with Crippen molar-refractivity contribution in [3.63, 3.8) is 0 Å². The highest BCUT2D eigenvalue weighted by Gasteiger charge is 2.21. The van der Waals surface area contributed by atoms with Crippen LogP contribution in [0.25, 0.3) is 0 Å². The topological polar surface area (TPSA) is 122 Å². The lowest BCUT2D eigenvalue weighted by molar-refractivity contribution is -0.385. The van der Waals surface area contributed by atoms with Crippen molar-refractivity contribution in [2.24, 2.45) is 0 Å². The molecule has 0 fully saturated rings. The van der Waals surface area contributed by atoms with Gasteiger partial charge in [0.2, 0.25) is 0 Å². The van der Waals surface area contributed by atoms with Gasteiger partial charge >= 0.3 is 0 Å². The molecule has 0 aliphatic carbocycles. The first-order chi connectivity index (χ1) is 12.3. The fourth-order valence-electron chi connectivity index (χ4n) is 2.56. The van der Waals surface area contributed by atoms with Crippen molar-refractivity contribution in [3.05, 3.63) is 69.3 Å². The average Bonchev–Trinajstić information content (AvgIpc) is 2.60. The largest absolute Gasteiger partial charge is 0.550 e. The minimum absolute atomic E-state index is 0.107. The SMILES string of the molecule is COc1ccc([C@@H](CC(=O)[O-])NC(=O)c2cccc([N+](=O)[O-])c2C)cc1. The molecule has 0 saturated heterocycles. The summed E-state index contributed by atoms with van der Waals surface area (Å²) in [5.74, 6) is -1.35. The number of carbonyl (C=O) groups is 2. The summed E-state index contributed by atoms with van der Waals surface area (Å²) < 4.78 is 5.05. The van der Waals surface area contributed by atoms with E-state index in [4.69, 9.17) is 4.74 Å². The lowest BCUT2D eigenvalue weighted by Crippen LogP contribution is -2.34. The highest BCUT2D eigenvalue weighted by atomic mass is 16.6. The molecule has 8 heteroatoms. The Morgan fingerprint density at radius 1 is 1.19 bits per heavy atom. The molecule has 2 aromatic carbocycles. The van der Waals surface area contributed by atoms with E-state index >= 15 is 0 Å². The summed E-state index contributed by atoms with van der Waals surface area (Å²) in [6, 6.07) is 9.85. The number of rotatable bonds is 7. The number of ether oxygens (including phenoxy) is 1. The number of amides is 1. The third-order valence-corrected chi connectivity index (χ3v) is 3.94. The van der Waals surface area contributed by atoms with Crippen LogP contribution in [-0.4, -0.2) is 23.9 Å². The Balaban J connectivity index is 2.30. The monoisotopic (exact) mass is 357 g/mol. The second-order valence-corrected chi connectivity index (χ2v) is 5.58. The first-order valence-corrected chi connectivity index (χ1v) is 7.72. The zero-order valence-corrected chi connectivity index (χ0v) is 14.2. The minimum atomic E-state index is -1.33. The van der Waals surface area contributed by atoms with E-state index in [1.807, 2.05) is 0 Å². The van der Waals surface area contributed by atoms with Gasteiger partial charge < -0.3 is 20.0 Å². The van der Waals surface area contributed by atoms with Crippen LogP contribution >= 0.6 is 0 Å². The summed E-state index contributed by atoms with van der Waals surface area (Å²) in [6.07, 6.45) is -0.438. The molecule has 136 valence electrons. The fourth-order valence-corrected chi connectivity index (χ4v) is 2.56. The van der Waals surface area contributed by atoms with E-state index in [-0.39, 0.29) is 16.8 Å². The Labute approximate surface area is 149 Å². The summed E-state index contributed by atoms with van der Waals surface area (Å²) in [5, 5.41) is 24.7. The van der Waals surface area contributed by atoms with Gasteiger partial charge in [-0.1, -0.05) is 18.2 Å². The molecule has 0 unspecified atom stereocenters. The Hall–Kier alpha value is -3.42. The van der Waals surface area contributed by atoms with Gasteiger partial charge in [-0.3, -0.25) is 14.9 Å². The van der Waals surface area contributed by atoms with Crippen molar-refractivity contribution in [1.82, 2.24) is 5.32 Å². The van der Waals surface area contributed by atoms with Crippen molar-refractivity contribution in [1.29, 1.82) is 0 Å². The highest BCUT2D eigenvalue weighted by Crippen LogP contribution is 2.24. The molecule has 0 saturated carbocycles. The van der Waals surface area contributed by atoms with Crippen LogP contribution in [-0.2, 0) is 4.79 Å². The third kappa shape index (κ3) is 4.35. The standard InChI is InChI=1S/C18H18N2O6/c1-11-14(4-3-5-16(11)20(24)25)18(23)19-15(10-17(21)22)12-6-8-13(26-2)9-7-12/h3-9,15H,10H2,1-2H3,(H,19,23)(H,21,22)/p-1/t15-/m1/s1. The Kier molecular flexibility index (Phi) is 5.90. The number of hydrogen-bond donors (Lipinski definition) is 1. The van der Waals surface area contributed by atoms with Gasteiger partial charge in [0.25, 0.3) is 11.6 Å². The molecule has 0 bridgehead atoms. The molecule has 1 N–H and O–H groups in total. The second kappa shape index (κ2) is 8.11. The van der Waals surface area contributed by atoms with E-state index < -0.39 is 29.3 Å². The van der Waals surface area contributed by atoms with Gasteiger partial charge in [0, 0.05) is 29.6 Å². The van der Waals surface area contributed by atoms with Crippen molar-refractivity contribution >= 4 is 17.6 Å². The zero-order valence-electron chi connectivity index (χ0n) is 14.2. The molecule has 26 heavy (non-hydrogen) atoms. The van der Waals surface area contributed by atoms with E-state index in [0.717, 1.165) is 0 Å². The molecule has 0 aliphatic heterocycles. The van der Waals surface area contributed by atoms with Gasteiger partial charge in [-0.2, -0.15) is 0 Å². The number of nitro benzene ring substituents is 1. The van der Waals surface area contributed by atoms with Gasteiger partial charge in [0.05, 0.1) is 18.1 Å². The second-order valence-electron chi connectivity index (χ2n) is 5.58. The Bertz CT molecular complexity index is 832. The Morgan fingerprint density at radius 3 is 2.38 bits per heavy atom. The quantitative estimate of drug-likeness (QED) is 0.592. The first-order valence-electron chi connectivity index (χ1n) is 7.72. The predicted octanol–water partition coefficient (Wildman–Crippen LogP) is 1.52. The van der Waals surface area contributed by atoms with Crippen LogP contribution in [0.2, 0.25) is 0 Å². The van der Waals surface area contributed by atoms with Crippen LogP contribution in [0.4, 0.5) is 5.69 Å². The van der Waals surface area contributed by atoms with Crippen LogP contribution in [0.3, 0.4) is 0 Å². The number of carbonyl (C=O) groups excluding carboxylic acids is 2. The molecule has 2 aromatic rings. The number of carboxylic acids is 1. The summed E-state index contributed by atoms with van der Waals surface area (Å²) in [5.41, 5.74) is 0.679. The van der Waals surface area contributed by atoms with E-state index in [0.29, 0.717) is 11.3 Å². The number of nitro groups is 1. The Morgan fingerprint density at radius 2 is 1.85 bits per heavy atom. The number of aliphatic carboxylic acids is 1. The molecular formula is C18H17N2O6-. The van der Waals surface area contributed by atoms with E-state index in [1.165, 1.54) is 32.2 Å². The van der Waals surface area contributed by atoms with Gasteiger partial charge in [-0.25, -0.2) is 0 Å². The fraction of sp³-hybridized carbons (Fsp3) is 0.222. The number of nitrogens with one attached hydrogen (secondary N) is 1. The van der Waals surface area contributed by atoms with Gasteiger partial charge in [-0.15, -0.1) is 0 Å². The lowest BCUT2D eigenvalue weighted by Gasteiger charge is -2.20. The third-order valence-electron chi connectivity index (χ3n) is 3.94. The maximum absolute atomic E-state index is 12.6. The maximum atomic E-state index is 12.6. The summed E-state index contributed by atoms with van der Waals surface area (Å²) >= 11 is 0. The highest BCUT2D eigenvalue weighted by molar-refractivity contribution is 5.97. The van der Waals surface area contributed by atoms with Gasteiger partial charge in [0.1, 0.15) is 5.75 Å². The van der Waals surface area contributed by atoms with E-state index in [1.54, 1.807) is 24.3 Å². The normalized spacial score (nSPS) is 11.5. The molecule has 0 aliphatic rings. The number of nitrogens with zero attached hydrogens (tertiary/aromatic N) is 1. The van der Waals surface area contributed by atoms with Crippen molar-refractivity contribution in [3.8, 4) is 5.75 Å².